The molecule has 0 aromatic carbocycles. The summed E-state index contributed by atoms with van der Waals surface area (Å²) in [6, 6.07) is 0. The highest BCUT2D eigenvalue weighted by molar-refractivity contribution is 7.83. The molecule has 0 amide bonds. The van der Waals surface area contributed by atoms with Gasteiger partial charge in [-0.2, -0.15) is 12.7 Å². The standard InChI is InChI=1S/C8H17NO3S/c1-3-5-6-8-9(7-4-2)13(10,11)12/h4H,2-3,5-8H2,1H3,(H,10,11,12). The van der Waals surface area contributed by atoms with Crippen LogP contribution in [0.15, 0.2) is 12.7 Å². The van der Waals surface area contributed by atoms with Gasteiger partial charge in [0.2, 0.25) is 0 Å². The van der Waals surface area contributed by atoms with E-state index in [1.807, 2.05) is 6.92 Å². The van der Waals surface area contributed by atoms with Gasteiger partial charge in [0, 0.05) is 13.1 Å². The van der Waals surface area contributed by atoms with E-state index in [9.17, 15) is 8.42 Å². The third-order valence-corrected chi connectivity index (χ3v) is 2.65. The molecule has 78 valence electrons. The number of hydrogen-bond donors (Lipinski definition) is 1. The molecule has 0 aliphatic carbocycles. The van der Waals surface area contributed by atoms with E-state index in [0.717, 1.165) is 23.6 Å². The Morgan fingerprint density at radius 3 is 2.46 bits per heavy atom. The van der Waals surface area contributed by atoms with E-state index >= 15 is 0 Å². The maximum atomic E-state index is 10.7. The zero-order valence-corrected chi connectivity index (χ0v) is 8.76. The Morgan fingerprint density at radius 1 is 1.46 bits per heavy atom. The molecule has 0 heterocycles. The summed E-state index contributed by atoms with van der Waals surface area (Å²) in [5.74, 6) is 0. The van der Waals surface area contributed by atoms with Gasteiger partial charge in [-0.3, -0.25) is 4.55 Å². The molecule has 0 aromatic rings. The minimum absolute atomic E-state index is 0.169. The van der Waals surface area contributed by atoms with Gasteiger partial charge in [-0.25, -0.2) is 0 Å². The molecule has 0 atom stereocenters. The highest BCUT2D eigenvalue weighted by Gasteiger charge is 2.15. The summed E-state index contributed by atoms with van der Waals surface area (Å²) < 4.78 is 31.3. The maximum absolute atomic E-state index is 10.7. The molecule has 0 aliphatic heterocycles. The van der Waals surface area contributed by atoms with Crippen molar-refractivity contribution in [1.82, 2.24) is 4.31 Å². The molecule has 1 N–H and O–H groups in total. The molecule has 0 fully saturated rings. The summed E-state index contributed by atoms with van der Waals surface area (Å²) in [6.07, 6.45) is 4.21. The molecule has 0 radical (unpaired) electrons. The summed E-state index contributed by atoms with van der Waals surface area (Å²) in [4.78, 5) is 0. The van der Waals surface area contributed by atoms with Gasteiger partial charge < -0.3 is 0 Å². The fourth-order valence-electron chi connectivity index (χ4n) is 0.983. The lowest BCUT2D eigenvalue weighted by Gasteiger charge is -2.15. The molecular formula is C8H17NO3S. The monoisotopic (exact) mass is 207 g/mol. The fraction of sp³-hybridized carbons (Fsp3) is 0.750. The van der Waals surface area contributed by atoms with Crippen LogP contribution in [0.1, 0.15) is 26.2 Å². The zero-order chi connectivity index (χ0) is 10.3. The van der Waals surface area contributed by atoms with Crippen LogP contribution in [0.4, 0.5) is 0 Å². The average molecular weight is 207 g/mol. The second-order valence-corrected chi connectivity index (χ2v) is 4.24. The van der Waals surface area contributed by atoms with E-state index in [1.54, 1.807) is 0 Å². The lowest BCUT2D eigenvalue weighted by molar-refractivity contribution is 0.363. The zero-order valence-electron chi connectivity index (χ0n) is 7.94. The lowest BCUT2D eigenvalue weighted by atomic mass is 10.2. The van der Waals surface area contributed by atoms with E-state index in [4.69, 9.17) is 4.55 Å². The summed E-state index contributed by atoms with van der Waals surface area (Å²) in [7, 11) is -4.05. The fourth-order valence-corrected chi connectivity index (χ4v) is 1.64. The predicted octanol–water partition coefficient (Wildman–Crippen LogP) is 1.47. The van der Waals surface area contributed by atoms with Gasteiger partial charge in [0.15, 0.2) is 0 Å². The van der Waals surface area contributed by atoms with Crippen molar-refractivity contribution >= 4 is 10.3 Å². The van der Waals surface area contributed by atoms with Gasteiger partial charge in [0.25, 0.3) is 0 Å². The minimum Gasteiger partial charge on any atom is -0.273 e. The number of hydrogen-bond acceptors (Lipinski definition) is 2. The van der Waals surface area contributed by atoms with Gasteiger partial charge in [-0.15, -0.1) is 6.58 Å². The van der Waals surface area contributed by atoms with Crippen molar-refractivity contribution in [2.45, 2.75) is 26.2 Å². The van der Waals surface area contributed by atoms with E-state index in [0.29, 0.717) is 6.54 Å². The van der Waals surface area contributed by atoms with Crippen LogP contribution in [-0.4, -0.2) is 30.4 Å². The average Bonchev–Trinajstić information content (AvgIpc) is 2.01. The van der Waals surface area contributed by atoms with Crippen LogP contribution in [0, 0.1) is 0 Å². The van der Waals surface area contributed by atoms with Crippen molar-refractivity contribution in [2.24, 2.45) is 0 Å². The van der Waals surface area contributed by atoms with Crippen molar-refractivity contribution in [3.8, 4) is 0 Å². The molecule has 0 saturated heterocycles. The predicted molar refractivity (Wildman–Crippen MR) is 52.8 cm³/mol. The van der Waals surface area contributed by atoms with Crippen molar-refractivity contribution in [3.63, 3.8) is 0 Å². The quantitative estimate of drug-likeness (QED) is 0.390. The van der Waals surface area contributed by atoms with Crippen LogP contribution in [0.5, 0.6) is 0 Å². The van der Waals surface area contributed by atoms with Crippen LogP contribution < -0.4 is 0 Å². The number of nitrogens with zero attached hydrogens (tertiary/aromatic N) is 1. The third-order valence-electron chi connectivity index (χ3n) is 1.67. The smallest absolute Gasteiger partial charge is 0.273 e. The van der Waals surface area contributed by atoms with E-state index in [1.165, 1.54) is 6.08 Å². The molecule has 5 heteroatoms. The Hall–Kier alpha value is -0.390. The molecule has 0 unspecified atom stereocenters. The van der Waals surface area contributed by atoms with E-state index in [2.05, 4.69) is 6.58 Å². The first-order chi connectivity index (χ1) is 6.02. The normalized spacial score (nSPS) is 11.9. The SMILES string of the molecule is C=CCN(CCCCC)S(=O)(=O)O. The first-order valence-electron chi connectivity index (χ1n) is 4.35. The van der Waals surface area contributed by atoms with Gasteiger partial charge in [0.1, 0.15) is 0 Å². The molecular weight excluding hydrogens is 190 g/mol. The maximum Gasteiger partial charge on any atom is 0.336 e. The number of unbranched alkanes of at least 4 members (excludes halogenated alkanes) is 2. The van der Waals surface area contributed by atoms with Crippen molar-refractivity contribution < 1.29 is 13.0 Å². The lowest BCUT2D eigenvalue weighted by Crippen LogP contribution is -2.31. The van der Waals surface area contributed by atoms with E-state index < -0.39 is 10.3 Å². The van der Waals surface area contributed by atoms with E-state index in [-0.39, 0.29) is 6.54 Å². The first-order valence-corrected chi connectivity index (χ1v) is 5.75. The largest absolute Gasteiger partial charge is 0.336 e. The molecule has 0 aliphatic rings. The minimum atomic E-state index is -4.05. The van der Waals surface area contributed by atoms with Crippen LogP contribution in [0.25, 0.3) is 0 Å². The van der Waals surface area contributed by atoms with Crippen LogP contribution in [0.2, 0.25) is 0 Å². The van der Waals surface area contributed by atoms with Gasteiger partial charge >= 0.3 is 10.3 Å². The highest BCUT2D eigenvalue weighted by atomic mass is 32.2. The van der Waals surface area contributed by atoms with Crippen LogP contribution in [0.3, 0.4) is 0 Å². The molecule has 0 spiro atoms. The second-order valence-electron chi connectivity index (χ2n) is 2.83. The van der Waals surface area contributed by atoms with Crippen molar-refractivity contribution in [1.29, 1.82) is 0 Å². The van der Waals surface area contributed by atoms with Gasteiger partial charge in [0.05, 0.1) is 0 Å². The Balaban J connectivity index is 4.03. The Morgan fingerprint density at radius 2 is 2.08 bits per heavy atom. The van der Waals surface area contributed by atoms with Crippen molar-refractivity contribution in [3.05, 3.63) is 12.7 Å². The summed E-state index contributed by atoms with van der Waals surface area (Å²) in [6.45, 7) is 5.99. The highest BCUT2D eigenvalue weighted by Crippen LogP contribution is 2.02. The molecule has 4 nitrogen and oxygen atoms in total. The Labute approximate surface area is 80.1 Å². The molecule has 0 aromatic heterocycles. The molecule has 13 heavy (non-hydrogen) atoms. The summed E-state index contributed by atoms with van der Waals surface area (Å²) in [5, 5.41) is 0. The van der Waals surface area contributed by atoms with Crippen molar-refractivity contribution in [2.75, 3.05) is 13.1 Å². The summed E-state index contributed by atoms with van der Waals surface area (Å²) in [5.41, 5.74) is 0. The van der Waals surface area contributed by atoms with Gasteiger partial charge in [-0.05, 0) is 6.42 Å². The van der Waals surface area contributed by atoms with Crippen LogP contribution >= 0.6 is 0 Å². The summed E-state index contributed by atoms with van der Waals surface area (Å²) >= 11 is 0. The topological polar surface area (TPSA) is 57.6 Å². The molecule has 0 saturated carbocycles. The Kier molecular flexibility index (Phi) is 5.94. The molecule has 0 bridgehead atoms. The first kappa shape index (κ1) is 12.6. The van der Waals surface area contributed by atoms with Gasteiger partial charge in [-0.1, -0.05) is 25.8 Å². The third kappa shape index (κ3) is 5.79. The second kappa shape index (κ2) is 6.12. The molecule has 0 rings (SSSR count). The van der Waals surface area contributed by atoms with Crippen LogP contribution in [-0.2, 0) is 10.3 Å². The Bertz CT molecular complexity index is 236. The number of rotatable bonds is 7.